The van der Waals surface area contributed by atoms with Gasteiger partial charge in [0.2, 0.25) is 0 Å². The molecule has 21 heavy (non-hydrogen) atoms. The molecule has 0 spiro atoms. The van der Waals surface area contributed by atoms with Gasteiger partial charge >= 0.3 is 0 Å². The first-order valence-corrected chi connectivity index (χ1v) is 8.14. The molecule has 0 aliphatic rings. The van der Waals surface area contributed by atoms with Gasteiger partial charge in [-0.1, -0.05) is 29.3 Å². The topological polar surface area (TPSA) is 41.4 Å². The smallest absolute Gasteiger partial charge is 0.195 e. The fourth-order valence-corrected chi connectivity index (χ4v) is 3.12. The minimum atomic E-state index is 0.548. The normalized spacial score (nSPS) is 11.8. The number of benzene rings is 1. The predicted octanol–water partition coefficient (Wildman–Crippen LogP) is 4.90. The highest BCUT2D eigenvalue weighted by atomic mass is 35.5. The van der Waals surface area contributed by atoms with Gasteiger partial charge in [-0.05, 0) is 32.9 Å². The van der Waals surface area contributed by atoms with Crippen molar-refractivity contribution < 1.29 is 0 Å². The summed E-state index contributed by atoms with van der Waals surface area (Å²) in [5.41, 5.74) is 1.31. The summed E-state index contributed by atoms with van der Waals surface area (Å²) in [6.07, 6.45) is 0. The molecule has 7 heteroatoms. The fraction of sp³-hybridized carbons (Fsp3) is 0.357. The zero-order valence-electron chi connectivity index (χ0n) is 12.1. The lowest BCUT2D eigenvalue weighted by Gasteiger charge is -2.19. The first-order valence-electron chi connectivity index (χ1n) is 6.65. The summed E-state index contributed by atoms with van der Waals surface area (Å²) < 4.78 is 8.57. The second-order valence-electron chi connectivity index (χ2n) is 4.36. The minimum absolute atomic E-state index is 0.548. The van der Waals surface area contributed by atoms with E-state index in [0.717, 1.165) is 30.7 Å². The van der Waals surface area contributed by atoms with E-state index in [1.165, 1.54) is 0 Å². The number of aromatic nitrogens is 2. The van der Waals surface area contributed by atoms with Crippen LogP contribution in [-0.2, 0) is 0 Å². The number of hydrogen-bond donors (Lipinski definition) is 0. The molecule has 2 rings (SSSR count). The van der Waals surface area contributed by atoms with Crippen molar-refractivity contribution in [2.75, 3.05) is 13.1 Å². The van der Waals surface area contributed by atoms with Crippen LogP contribution in [0, 0.1) is 0 Å². The summed E-state index contributed by atoms with van der Waals surface area (Å²) in [7, 11) is 0. The number of amidine groups is 1. The highest BCUT2D eigenvalue weighted by molar-refractivity contribution is 6.99. The monoisotopic (exact) mass is 342 g/mol. The molecule has 0 saturated heterocycles. The van der Waals surface area contributed by atoms with Crippen molar-refractivity contribution in [3.05, 3.63) is 28.2 Å². The molecule has 2 aromatic rings. The van der Waals surface area contributed by atoms with Gasteiger partial charge < -0.3 is 4.90 Å². The lowest BCUT2D eigenvalue weighted by atomic mass is 10.1. The maximum absolute atomic E-state index is 6.24. The zero-order chi connectivity index (χ0) is 15.4. The predicted molar refractivity (Wildman–Crippen MR) is 91.1 cm³/mol. The quantitative estimate of drug-likeness (QED) is 0.585. The fourth-order valence-electron chi connectivity index (χ4n) is 2.04. The average Bonchev–Trinajstić information content (AvgIpc) is 2.88. The third-order valence-electron chi connectivity index (χ3n) is 3.16. The molecule has 0 atom stereocenters. The number of nitrogens with zero attached hydrogens (tertiary/aromatic N) is 4. The molecular weight excluding hydrogens is 327 g/mol. The van der Waals surface area contributed by atoms with Gasteiger partial charge in [-0.2, -0.15) is 8.75 Å². The Morgan fingerprint density at radius 2 is 1.81 bits per heavy atom. The summed E-state index contributed by atoms with van der Waals surface area (Å²) in [6.45, 7) is 7.93. The van der Waals surface area contributed by atoms with Gasteiger partial charge in [0.1, 0.15) is 11.5 Å². The number of aliphatic imine (C=N–C) groups is 1. The molecule has 0 bridgehead atoms. The van der Waals surface area contributed by atoms with Gasteiger partial charge in [0.25, 0.3) is 0 Å². The second kappa shape index (κ2) is 7.20. The summed E-state index contributed by atoms with van der Waals surface area (Å²) in [6, 6.07) is 5.37. The van der Waals surface area contributed by atoms with Crippen molar-refractivity contribution in [2.45, 2.75) is 20.8 Å². The molecule has 1 heterocycles. The van der Waals surface area contributed by atoms with Crippen LogP contribution in [0.25, 0.3) is 11.3 Å². The summed E-state index contributed by atoms with van der Waals surface area (Å²) >= 11 is 13.6. The van der Waals surface area contributed by atoms with Crippen LogP contribution >= 0.6 is 34.9 Å². The van der Waals surface area contributed by atoms with E-state index >= 15 is 0 Å². The average molecular weight is 343 g/mol. The van der Waals surface area contributed by atoms with E-state index in [-0.39, 0.29) is 0 Å². The molecule has 1 aromatic heterocycles. The van der Waals surface area contributed by atoms with Gasteiger partial charge in [0.05, 0.1) is 21.8 Å². The van der Waals surface area contributed by atoms with E-state index in [0.29, 0.717) is 27.1 Å². The molecule has 0 fully saturated rings. The van der Waals surface area contributed by atoms with E-state index in [9.17, 15) is 0 Å². The van der Waals surface area contributed by atoms with Crippen LogP contribution in [0.4, 0.5) is 5.82 Å². The van der Waals surface area contributed by atoms with Crippen molar-refractivity contribution in [1.82, 2.24) is 13.6 Å². The van der Waals surface area contributed by atoms with E-state index in [4.69, 9.17) is 23.2 Å². The third kappa shape index (κ3) is 3.54. The summed E-state index contributed by atoms with van der Waals surface area (Å²) in [5, 5.41) is 1.10. The molecule has 1 aromatic carbocycles. The van der Waals surface area contributed by atoms with Gasteiger partial charge in [0.15, 0.2) is 5.82 Å². The highest BCUT2D eigenvalue weighted by Crippen LogP contribution is 2.38. The van der Waals surface area contributed by atoms with Gasteiger partial charge in [-0.25, -0.2) is 4.99 Å². The first-order chi connectivity index (χ1) is 10.1. The van der Waals surface area contributed by atoms with Crippen molar-refractivity contribution in [1.29, 1.82) is 0 Å². The number of rotatable bonds is 4. The molecule has 0 radical (unpaired) electrons. The Balaban J connectivity index is 2.47. The van der Waals surface area contributed by atoms with Crippen molar-refractivity contribution >= 4 is 46.6 Å². The molecule has 4 nitrogen and oxygen atoms in total. The van der Waals surface area contributed by atoms with Crippen molar-refractivity contribution in [2.24, 2.45) is 4.99 Å². The lowest BCUT2D eigenvalue weighted by molar-refractivity contribution is 0.463. The van der Waals surface area contributed by atoms with E-state index in [2.05, 4.69) is 32.5 Å². The van der Waals surface area contributed by atoms with Crippen molar-refractivity contribution in [3.63, 3.8) is 0 Å². The Morgan fingerprint density at radius 1 is 1.19 bits per heavy atom. The molecular formula is C14H16Cl2N4S. The van der Waals surface area contributed by atoms with Crippen LogP contribution in [0.15, 0.2) is 23.2 Å². The molecule has 112 valence electrons. The summed E-state index contributed by atoms with van der Waals surface area (Å²) in [5.74, 6) is 1.46. The third-order valence-corrected chi connectivity index (χ3v) is 4.31. The van der Waals surface area contributed by atoms with Crippen molar-refractivity contribution in [3.8, 4) is 11.3 Å². The molecule has 0 N–H and O–H groups in total. The Bertz CT molecular complexity index is 630. The Labute approximate surface area is 138 Å². The standard InChI is InChI=1S/C14H16Cl2N4S/c1-4-20(5-2)9(3)17-14-13(18-21-19-14)12-10(15)7-6-8-11(12)16/h6-8H,4-5H2,1-3H3. The van der Waals surface area contributed by atoms with E-state index < -0.39 is 0 Å². The summed E-state index contributed by atoms with van der Waals surface area (Å²) in [4.78, 5) is 6.73. The SMILES string of the molecule is CCN(CC)C(C)=Nc1nsnc1-c1c(Cl)cccc1Cl. The molecule has 0 unspecified atom stereocenters. The number of hydrogen-bond acceptors (Lipinski definition) is 4. The molecule has 0 aliphatic carbocycles. The van der Waals surface area contributed by atoms with E-state index in [1.54, 1.807) is 18.2 Å². The largest absolute Gasteiger partial charge is 0.361 e. The molecule has 0 amide bonds. The first kappa shape index (κ1) is 16.2. The zero-order valence-corrected chi connectivity index (χ0v) is 14.4. The minimum Gasteiger partial charge on any atom is -0.361 e. The van der Waals surface area contributed by atoms with Crippen LogP contribution in [0.1, 0.15) is 20.8 Å². The maximum Gasteiger partial charge on any atom is 0.195 e. The maximum atomic E-state index is 6.24. The van der Waals surface area contributed by atoms with Gasteiger partial charge in [-0.3, -0.25) is 0 Å². The molecule has 0 saturated carbocycles. The van der Waals surface area contributed by atoms with Gasteiger partial charge in [0, 0.05) is 18.7 Å². The molecule has 0 aliphatic heterocycles. The number of halogens is 2. The lowest BCUT2D eigenvalue weighted by Crippen LogP contribution is -2.28. The Morgan fingerprint density at radius 3 is 2.38 bits per heavy atom. The van der Waals surface area contributed by atoms with Crippen LogP contribution in [0.5, 0.6) is 0 Å². The van der Waals surface area contributed by atoms with Crippen LogP contribution < -0.4 is 0 Å². The van der Waals surface area contributed by atoms with Crippen LogP contribution in [0.3, 0.4) is 0 Å². The highest BCUT2D eigenvalue weighted by Gasteiger charge is 2.17. The Kier molecular flexibility index (Phi) is 5.56. The van der Waals surface area contributed by atoms with Crippen LogP contribution in [0.2, 0.25) is 10.0 Å². The Hall–Kier alpha value is -1.17. The second-order valence-corrected chi connectivity index (χ2v) is 5.71. The van der Waals surface area contributed by atoms with Crippen LogP contribution in [-0.4, -0.2) is 32.6 Å². The van der Waals surface area contributed by atoms with Gasteiger partial charge in [-0.15, -0.1) is 0 Å². The van der Waals surface area contributed by atoms with E-state index in [1.807, 2.05) is 6.92 Å².